The van der Waals surface area contributed by atoms with E-state index in [9.17, 15) is 4.79 Å². The molecule has 0 aromatic carbocycles. The van der Waals surface area contributed by atoms with Crippen molar-refractivity contribution in [1.82, 2.24) is 4.90 Å². The second-order valence-corrected chi connectivity index (χ2v) is 4.25. The maximum absolute atomic E-state index is 10.6. The zero-order valence-corrected chi connectivity index (χ0v) is 9.93. The van der Waals surface area contributed by atoms with E-state index in [4.69, 9.17) is 5.11 Å². The molecule has 0 saturated carbocycles. The quantitative estimate of drug-likeness (QED) is 0.659. The van der Waals surface area contributed by atoms with Crippen molar-refractivity contribution in [2.24, 2.45) is 0 Å². The van der Waals surface area contributed by atoms with Gasteiger partial charge in [0.05, 0.1) is 0 Å². The predicted molar refractivity (Wildman–Crippen MR) is 61.9 cm³/mol. The van der Waals surface area contributed by atoms with Crippen molar-refractivity contribution >= 4 is 17.7 Å². The van der Waals surface area contributed by atoms with Crippen LogP contribution in [0, 0.1) is 0 Å². The Morgan fingerprint density at radius 1 is 1.64 bits per heavy atom. The summed E-state index contributed by atoms with van der Waals surface area (Å²) in [6.07, 6.45) is 3.09. The summed E-state index contributed by atoms with van der Waals surface area (Å²) < 4.78 is 0. The monoisotopic (exact) mass is 217 g/mol. The van der Waals surface area contributed by atoms with E-state index in [0.29, 0.717) is 12.6 Å². The first-order chi connectivity index (χ1) is 6.52. The van der Waals surface area contributed by atoms with E-state index < -0.39 is 5.97 Å². The molecule has 0 saturated heterocycles. The third kappa shape index (κ3) is 4.67. The third-order valence-electron chi connectivity index (χ3n) is 2.20. The van der Waals surface area contributed by atoms with Gasteiger partial charge in [-0.2, -0.15) is 11.8 Å². The SMILES string of the molecule is C=C(CN(C)C(CC)CSC)C(=O)O. The minimum absolute atomic E-state index is 0.257. The van der Waals surface area contributed by atoms with Crippen LogP contribution < -0.4 is 0 Å². The Hall–Kier alpha value is -0.480. The van der Waals surface area contributed by atoms with Crippen LogP contribution in [0.15, 0.2) is 12.2 Å². The van der Waals surface area contributed by atoms with E-state index in [0.717, 1.165) is 12.2 Å². The van der Waals surface area contributed by atoms with Gasteiger partial charge in [0.2, 0.25) is 0 Å². The van der Waals surface area contributed by atoms with E-state index in [1.807, 2.05) is 11.9 Å². The Kier molecular flexibility index (Phi) is 6.66. The van der Waals surface area contributed by atoms with Gasteiger partial charge in [-0.1, -0.05) is 13.5 Å². The lowest BCUT2D eigenvalue weighted by atomic mass is 10.2. The highest BCUT2D eigenvalue weighted by Gasteiger charge is 2.15. The number of rotatable bonds is 7. The molecule has 3 nitrogen and oxygen atoms in total. The van der Waals surface area contributed by atoms with E-state index in [2.05, 4.69) is 19.8 Å². The Morgan fingerprint density at radius 3 is 2.57 bits per heavy atom. The molecule has 1 unspecified atom stereocenters. The topological polar surface area (TPSA) is 40.5 Å². The lowest BCUT2D eigenvalue weighted by Crippen LogP contribution is -2.35. The second kappa shape index (κ2) is 6.90. The second-order valence-electron chi connectivity index (χ2n) is 3.34. The van der Waals surface area contributed by atoms with Gasteiger partial charge in [0.15, 0.2) is 0 Å². The number of nitrogens with zero attached hydrogens (tertiary/aromatic N) is 1. The van der Waals surface area contributed by atoms with Crippen molar-refractivity contribution < 1.29 is 9.90 Å². The number of thioether (sulfide) groups is 1. The van der Waals surface area contributed by atoms with Crippen molar-refractivity contribution in [2.45, 2.75) is 19.4 Å². The van der Waals surface area contributed by atoms with Gasteiger partial charge < -0.3 is 5.11 Å². The first-order valence-electron chi connectivity index (χ1n) is 4.63. The Labute approximate surface area is 90.2 Å². The minimum atomic E-state index is -0.907. The Balaban J connectivity index is 4.09. The van der Waals surface area contributed by atoms with Crippen LogP contribution in [-0.2, 0) is 4.79 Å². The van der Waals surface area contributed by atoms with Crippen molar-refractivity contribution in [1.29, 1.82) is 0 Å². The molecular formula is C10H19NO2S. The number of hydrogen-bond acceptors (Lipinski definition) is 3. The summed E-state index contributed by atoms with van der Waals surface area (Å²) in [7, 11) is 1.94. The van der Waals surface area contributed by atoms with Gasteiger partial charge in [0, 0.05) is 23.9 Å². The number of carboxylic acid groups (broad SMARTS) is 1. The highest BCUT2D eigenvalue weighted by molar-refractivity contribution is 7.98. The molecular weight excluding hydrogens is 198 g/mol. The highest BCUT2D eigenvalue weighted by Crippen LogP contribution is 2.09. The third-order valence-corrected chi connectivity index (χ3v) is 2.91. The summed E-state index contributed by atoms with van der Waals surface area (Å²) in [5, 5.41) is 8.68. The molecule has 0 fully saturated rings. The maximum atomic E-state index is 10.6. The van der Waals surface area contributed by atoms with Crippen LogP contribution in [0.5, 0.6) is 0 Å². The zero-order valence-electron chi connectivity index (χ0n) is 9.12. The lowest BCUT2D eigenvalue weighted by Gasteiger charge is -2.26. The van der Waals surface area contributed by atoms with Crippen LogP contribution in [0.1, 0.15) is 13.3 Å². The van der Waals surface area contributed by atoms with Gasteiger partial charge in [-0.15, -0.1) is 0 Å². The molecule has 0 spiro atoms. The fourth-order valence-corrected chi connectivity index (χ4v) is 2.12. The first-order valence-corrected chi connectivity index (χ1v) is 6.02. The van der Waals surface area contributed by atoms with Crippen LogP contribution in [0.3, 0.4) is 0 Å². The Bertz CT molecular complexity index is 206. The molecule has 0 aromatic heterocycles. The number of carboxylic acids is 1. The van der Waals surface area contributed by atoms with E-state index in [1.165, 1.54) is 0 Å². The van der Waals surface area contributed by atoms with Gasteiger partial charge in [-0.25, -0.2) is 4.79 Å². The van der Waals surface area contributed by atoms with Gasteiger partial charge in [-0.3, -0.25) is 4.90 Å². The van der Waals surface area contributed by atoms with Gasteiger partial charge in [0.1, 0.15) is 0 Å². The molecule has 0 aromatic rings. The molecule has 0 aliphatic rings. The summed E-state index contributed by atoms with van der Waals surface area (Å²) in [6.45, 7) is 6.07. The van der Waals surface area contributed by atoms with Crippen LogP contribution in [-0.4, -0.2) is 47.6 Å². The molecule has 1 N–H and O–H groups in total. The number of likely N-dealkylation sites (N-methyl/N-ethyl adjacent to an activating group) is 1. The number of hydrogen-bond donors (Lipinski definition) is 1. The summed E-state index contributed by atoms with van der Waals surface area (Å²) >= 11 is 1.78. The summed E-state index contributed by atoms with van der Waals surface area (Å²) in [4.78, 5) is 12.6. The minimum Gasteiger partial charge on any atom is -0.478 e. The Morgan fingerprint density at radius 2 is 2.21 bits per heavy atom. The molecule has 0 amide bonds. The van der Waals surface area contributed by atoms with Gasteiger partial charge >= 0.3 is 5.97 Å². The average molecular weight is 217 g/mol. The molecule has 0 aliphatic carbocycles. The predicted octanol–water partition coefficient (Wildman–Crippen LogP) is 1.70. The van der Waals surface area contributed by atoms with E-state index in [-0.39, 0.29) is 5.57 Å². The highest BCUT2D eigenvalue weighted by atomic mass is 32.2. The summed E-state index contributed by atoms with van der Waals surface area (Å²) in [5.41, 5.74) is 0.257. The normalized spacial score (nSPS) is 12.9. The zero-order chi connectivity index (χ0) is 11.1. The average Bonchev–Trinajstić information content (AvgIpc) is 2.13. The van der Waals surface area contributed by atoms with Crippen molar-refractivity contribution in [3.63, 3.8) is 0 Å². The van der Waals surface area contributed by atoms with E-state index >= 15 is 0 Å². The van der Waals surface area contributed by atoms with Crippen LogP contribution in [0.25, 0.3) is 0 Å². The maximum Gasteiger partial charge on any atom is 0.332 e. The molecule has 0 rings (SSSR count). The largest absolute Gasteiger partial charge is 0.478 e. The fourth-order valence-electron chi connectivity index (χ4n) is 1.25. The molecule has 0 aliphatic heterocycles. The first kappa shape index (κ1) is 13.5. The molecule has 0 radical (unpaired) electrons. The van der Waals surface area contributed by atoms with Crippen LogP contribution in [0.2, 0.25) is 0 Å². The number of aliphatic carboxylic acids is 1. The summed E-state index contributed by atoms with van der Waals surface area (Å²) in [6, 6.07) is 0.432. The standard InChI is InChI=1S/C10H19NO2S/c1-5-9(7-14-4)11(3)6-8(2)10(12)13/h9H,2,5-7H2,1,3-4H3,(H,12,13). The fraction of sp³-hybridized carbons (Fsp3) is 0.700. The molecule has 82 valence electrons. The smallest absolute Gasteiger partial charge is 0.332 e. The van der Waals surface area contributed by atoms with Crippen molar-refractivity contribution in [3.8, 4) is 0 Å². The molecule has 0 bridgehead atoms. The number of carbonyl (C=O) groups is 1. The van der Waals surface area contributed by atoms with E-state index in [1.54, 1.807) is 11.8 Å². The molecule has 0 heterocycles. The van der Waals surface area contributed by atoms with Crippen LogP contribution in [0.4, 0.5) is 0 Å². The molecule has 14 heavy (non-hydrogen) atoms. The van der Waals surface area contributed by atoms with Crippen LogP contribution >= 0.6 is 11.8 Å². The summed E-state index contributed by atoms with van der Waals surface area (Å²) in [5.74, 6) is 0.121. The van der Waals surface area contributed by atoms with Gasteiger partial charge in [0.25, 0.3) is 0 Å². The van der Waals surface area contributed by atoms with Crippen molar-refractivity contribution in [2.75, 3.05) is 25.6 Å². The molecule has 4 heteroatoms. The lowest BCUT2D eigenvalue weighted by molar-refractivity contribution is -0.132. The van der Waals surface area contributed by atoms with Gasteiger partial charge in [-0.05, 0) is 19.7 Å². The molecule has 1 atom stereocenters. The van der Waals surface area contributed by atoms with Crippen molar-refractivity contribution in [3.05, 3.63) is 12.2 Å².